The quantitative estimate of drug-likeness (QED) is 0.510. The molecule has 2 saturated heterocycles. The van der Waals surface area contributed by atoms with Crippen molar-refractivity contribution >= 4 is 39.3 Å². The van der Waals surface area contributed by atoms with Gasteiger partial charge < -0.3 is 14.5 Å². The number of rotatable bonds is 5. The lowest BCUT2D eigenvalue weighted by molar-refractivity contribution is -0.137. The van der Waals surface area contributed by atoms with Crippen LogP contribution in [0.5, 0.6) is 5.75 Å². The average Bonchev–Trinajstić information content (AvgIpc) is 3.27. The highest BCUT2D eigenvalue weighted by Crippen LogP contribution is 2.37. The number of carbonyl (C=O) groups excluding carboxylic acids is 1. The van der Waals surface area contributed by atoms with Gasteiger partial charge in [0.1, 0.15) is 5.75 Å². The van der Waals surface area contributed by atoms with Crippen LogP contribution in [0.3, 0.4) is 0 Å². The first-order chi connectivity index (χ1) is 17.3. The number of likely N-dealkylation sites (tertiary alicyclic amines) is 1. The van der Waals surface area contributed by atoms with E-state index in [4.69, 9.17) is 27.9 Å². The second-order valence-corrected chi connectivity index (χ2v) is 12.0. The van der Waals surface area contributed by atoms with Gasteiger partial charge in [0.25, 0.3) is 0 Å². The summed E-state index contributed by atoms with van der Waals surface area (Å²) in [6.07, 6.45) is -3.35. The topological polar surface area (TPSA) is 70.2 Å². The zero-order chi connectivity index (χ0) is 27.0. The van der Waals surface area contributed by atoms with Gasteiger partial charge in [-0.3, -0.25) is 0 Å². The molecule has 2 aliphatic rings. The van der Waals surface area contributed by atoms with E-state index >= 15 is 0 Å². The van der Waals surface area contributed by atoms with Crippen molar-refractivity contribution in [2.24, 2.45) is 5.92 Å². The molecule has 2 amide bonds. The molecule has 2 aliphatic heterocycles. The number of hydrogen-bond donors (Lipinski definition) is 0. The number of hydrogen-bond acceptors (Lipinski definition) is 4. The minimum Gasteiger partial charge on any atom is -0.493 e. The Kier molecular flexibility index (Phi) is 8.18. The van der Waals surface area contributed by atoms with Gasteiger partial charge in [0.2, 0.25) is 10.0 Å². The molecular weight excluding hydrogens is 554 g/mol. The Morgan fingerprint density at radius 3 is 2.32 bits per heavy atom. The summed E-state index contributed by atoms with van der Waals surface area (Å²) in [5.41, 5.74) is 0.0340. The second-order valence-electron chi connectivity index (χ2n) is 9.21. The summed E-state index contributed by atoms with van der Waals surface area (Å²) in [7, 11) is -3.33. The lowest BCUT2D eigenvalue weighted by atomic mass is 9.89. The highest BCUT2D eigenvalue weighted by atomic mass is 35.5. The number of ether oxygens (including phenoxy) is 1. The van der Waals surface area contributed by atoms with Crippen molar-refractivity contribution in [1.29, 1.82) is 0 Å². The van der Waals surface area contributed by atoms with Gasteiger partial charge in [0, 0.05) is 51.1 Å². The summed E-state index contributed by atoms with van der Waals surface area (Å²) in [5.74, 6) is -0.334. The molecule has 2 heterocycles. The maximum absolute atomic E-state index is 13.3. The van der Waals surface area contributed by atoms with Crippen LogP contribution in [-0.4, -0.2) is 80.7 Å². The number of amides is 2. The fraction of sp³-hybridized carbons (Fsp3) is 0.458. The van der Waals surface area contributed by atoms with Gasteiger partial charge >= 0.3 is 12.2 Å². The smallest absolute Gasteiger partial charge is 0.416 e. The maximum atomic E-state index is 13.3. The van der Waals surface area contributed by atoms with Crippen molar-refractivity contribution in [3.8, 4) is 5.75 Å². The van der Waals surface area contributed by atoms with E-state index in [1.165, 1.54) is 16.4 Å². The van der Waals surface area contributed by atoms with Crippen molar-refractivity contribution < 1.29 is 31.1 Å². The second kappa shape index (κ2) is 10.9. The zero-order valence-electron chi connectivity index (χ0n) is 19.9. The number of carbonyl (C=O) groups is 1. The van der Waals surface area contributed by atoms with Crippen LogP contribution in [0.2, 0.25) is 10.0 Å². The highest BCUT2D eigenvalue weighted by Gasteiger charge is 2.39. The molecule has 0 N–H and O–H groups in total. The van der Waals surface area contributed by atoms with Gasteiger partial charge in [-0.15, -0.1) is 0 Å². The Labute approximate surface area is 223 Å². The fourth-order valence-electron chi connectivity index (χ4n) is 4.69. The molecule has 7 nitrogen and oxygen atoms in total. The third-order valence-electron chi connectivity index (χ3n) is 6.69. The average molecular weight is 580 g/mol. The first-order valence-electron chi connectivity index (χ1n) is 11.6. The molecule has 0 bridgehead atoms. The van der Waals surface area contributed by atoms with E-state index in [1.807, 2.05) is 6.07 Å². The lowest BCUT2D eigenvalue weighted by Gasteiger charge is -2.35. The van der Waals surface area contributed by atoms with E-state index in [2.05, 4.69) is 0 Å². The van der Waals surface area contributed by atoms with Crippen LogP contribution in [0, 0.1) is 5.92 Å². The van der Waals surface area contributed by atoms with Crippen LogP contribution in [0.15, 0.2) is 42.5 Å². The third-order valence-corrected chi connectivity index (χ3v) is 8.73. The SMILES string of the molecule is CS(=O)(=O)N1CCN(C(=O)N2C[C@@H](COc3cccc(C(F)(F)F)c3)[C@H](c3ccc(Cl)c(Cl)c3)C2)CC1. The maximum Gasteiger partial charge on any atom is 0.416 e. The van der Waals surface area contributed by atoms with Crippen molar-refractivity contribution in [1.82, 2.24) is 14.1 Å². The Morgan fingerprint density at radius 2 is 1.70 bits per heavy atom. The van der Waals surface area contributed by atoms with Crippen LogP contribution in [-0.2, 0) is 16.2 Å². The van der Waals surface area contributed by atoms with E-state index in [9.17, 15) is 26.4 Å². The number of benzene rings is 2. The van der Waals surface area contributed by atoms with E-state index in [0.717, 1.165) is 24.0 Å². The predicted octanol–water partition coefficient (Wildman–Crippen LogP) is 4.80. The molecule has 37 heavy (non-hydrogen) atoms. The molecule has 13 heteroatoms. The number of sulfonamides is 1. The summed E-state index contributed by atoms with van der Waals surface area (Å²) >= 11 is 12.3. The monoisotopic (exact) mass is 579 g/mol. The van der Waals surface area contributed by atoms with Gasteiger partial charge in [0.15, 0.2) is 0 Å². The molecule has 0 spiro atoms. The molecule has 2 aromatic carbocycles. The van der Waals surface area contributed by atoms with E-state index in [1.54, 1.807) is 21.9 Å². The number of nitrogens with zero attached hydrogens (tertiary/aromatic N) is 3. The van der Waals surface area contributed by atoms with E-state index < -0.39 is 21.8 Å². The van der Waals surface area contributed by atoms with Gasteiger partial charge in [-0.2, -0.15) is 17.5 Å². The minimum atomic E-state index is -4.49. The number of halogens is 5. The molecule has 4 rings (SSSR count). The van der Waals surface area contributed by atoms with Gasteiger partial charge in [0.05, 0.1) is 28.5 Å². The molecule has 0 unspecified atom stereocenters. The Morgan fingerprint density at radius 1 is 1.00 bits per heavy atom. The third kappa shape index (κ3) is 6.63. The van der Waals surface area contributed by atoms with Crippen LogP contribution in [0.1, 0.15) is 17.0 Å². The molecule has 2 fully saturated rings. The van der Waals surface area contributed by atoms with Crippen LogP contribution >= 0.6 is 23.2 Å². The van der Waals surface area contributed by atoms with Crippen molar-refractivity contribution in [3.63, 3.8) is 0 Å². The van der Waals surface area contributed by atoms with Gasteiger partial charge in [-0.1, -0.05) is 35.3 Å². The molecule has 0 aromatic heterocycles. The van der Waals surface area contributed by atoms with Crippen LogP contribution < -0.4 is 4.74 Å². The summed E-state index contributed by atoms with van der Waals surface area (Å²) in [6.45, 7) is 1.72. The molecular formula is C24H26Cl2F3N3O4S. The Bertz CT molecular complexity index is 1250. The molecule has 0 radical (unpaired) electrons. The van der Waals surface area contributed by atoms with Crippen LogP contribution in [0.4, 0.5) is 18.0 Å². The number of urea groups is 1. The predicted molar refractivity (Wildman–Crippen MR) is 135 cm³/mol. The number of alkyl halides is 3. The summed E-state index contributed by atoms with van der Waals surface area (Å²) in [4.78, 5) is 16.6. The van der Waals surface area contributed by atoms with E-state index in [0.29, 0.717) is 23.1 Å². The molecule has 0 saturated carbocycles. The van der Waals surface area contributed by atoms with Gasteiger partial charge in [-0.25, -0.2) is 13.2 Å². The van der Waals surface area contributed by atoms with Crippen LogP contribution in [0.25, 0.3) is 0 Å². The first-order valence-corrected chi connectivity index (χ1v) is 14.2. The van der Waals surface area contributed by atoms with Crippen molar-refractivity contribution in [2.75, 3.05) is 52.1 Å². The highest BCUT2D eigenvalue weighted by molar-refractivity contribution is 7.88. The molecule has 2 aromatic rings. The normalized spacial score (nSPS) is 21.4. The molecule has 202 valence electrons. The summed E-state index contributed by atoms with van der Waals surface area (Å²) in [6, 6.07) is 9.66. The molecule has 2 atom stereocenters. The summed E-state index contributed by atoms with van der Waals surface area (Å²) < 4.78 is 70.0. The Hall–Kier alpha value is -2.21. The molecule has 0 aliphatic carbocycles. The fourth-order valence-corrected chi connectivity index (χ4v) is 5.83. The standard InChI is InChI=1S/C24H26Cl2F3N3O4S/c1-37(34,35)32-9-7-30(8-10-32)23(33)31-13-17(20(14-31)16-5-6-21(25)22(26)11-16)15-36-19-4-2-3-18(12-19)24(27,28)29/h2-6,11-12,17,20H,7-10,13-15H2,1H3/t17-,20-/m0/s1. The van der Waals surface area contributed by atoms with E-state index in [-0.39, 0.29) is 56.4 Å². The lowest BCUT2D eigenvalue weighted by Crippen LogP contribution is -2.53. The minimum absolute atomic E-state index is 0.0812. The van der Waals surface area contributed by atoms with Crippen molar-refractivity contribution in [2.45, 2.75) is 12.1 Å². The largest absolute Gasteiger partial charge is 0.493 e. The Balaban J connectivity index is 1.50. The van der Waals surface area contributed by atoms with Crippen molar-refractivity contribution in [3.05, 3.63) is 63.6 Å². The van der Waals surface area contributed by atoms with Gasteiger partial charge in [-0.05, 0) is 35.9 Å². The first kappa shape index (κ1) is 27.8. The number of piperazine rings is 1. The summed E-state index contributed by atoms with van der Waals surface area (Å²) in [5, 5.41) is 0.746. The zero-order valence-corrected chi connectivity index (χ0v) is 22.2.